The maximum Gasteiger partial charge on any atom is 0.411 e. The summed E-state index contributed by atoms with van der Waals surface area (Å²) < 4.78 is 52.3. The van der Waals surface area contributed by atoms with Gasteiger partial charge in [0, 0.05) is 31.0 Å². The Morgan fingerprint density at radius 3 is 2.33 bits per heavy atom. The number of hydrogen-bond donors (Lipinski definition) is 1. The van der Waals surface area contributed by atoms with Crippen LogP contribution >= 0.6 is 0 Å². The summed E-state index contributed by atoms with van der Waals surface area (Å²) in [5, 5.41) is 8.98. The number of hydrogen-bond acceptors (Lipinski definition) is 4. The van der Waals surface area contributed by atoms with Crippen LogP contribution in [-0.2, 0) is 15.1 Å². The number of nitrogens with zero attached hydrogens (tertiary/aromatic N) is 1. The van der Waals surface area contributed by atoms with Crippen molar-refractivity contribution in [3.8, 4) is 11.1 Å². The Kier molecular flexibility index (Phi) is 7.96. The number of cyclic esters (lactones) is 1. The van der Waals surface area contributed by atoms with Crippen molar-refractivity contribution in [2.45, 2.75) is 31.4 Å². The van der Waals surface area contributed by atoms with Gasteiger partial charge in [-0.2, -0.15) is 0 Å². The first-order chi connectivity index (χ1) is 17.3. The van der Waals surface area contributed by atoms with Crippen LogP contribution in [0.15, 0.2) is 66.7 Å². The van der Waals surface area contributed by atoms with Crippen molar-refractivity contribution in [1.29, 1.82) is 0 Å². The van der Waals surface area contributed by atoms with Crippen molar-refractivity contribution in [3.63, 3.8) is 0 Å². The lowest BCUT2D eigenvalue weighted by Gasteiger charge is -2.43. The lowest BCUT2D eigenvalue weighted by molar-refractivity contribution is -0.0779. The van der Waals surface area contributed by atoms with E-state index in [-0.39, 0.29) is 31.7 Å². The number of aliphatic hydroxyl groups is 1. The van der Waals surface area contributed by atoms with E-state index < -0.39 is 23.3 Å². The molecule has 0 radical (unpaired) electrons. The van der Waals surface area contributed by atoms with Crippen molar-refractivity contribution in [1.82, 2.24) is 4.90 Å². The highest BCUT2D eigenvalue weighted by Crippen LogP contribution is 2.40. The molecule has 0 bridgehead atoms. The number of carbonyl (C=O) groups excluding carboxylic acids is 1. The third-order valence-corrected chi connectivity index (χ3v) is 6.63. The molecule has 8 heteroatoms. The molecular formula is C28H28F3NO4. The fourth-order valence-electron chi connectivity index (χ4n) is 4.55. The van der Waals surface area contributed by atoms with E-state index in [0.29, 0.717) is 36.1 Å². The van der Waals surface area contributed by atoms with E-state index in [4.69, 9.17) is 14.6 Å². The lowest BCUT2D eigenvalue weighted by atomic mass is 9.85. The van der Waals surface area contributed by atoms with Gasteiger partial charge in [0.15, 0.2) is 0 Å². The predicted octanol–water partition coefficient (Wildman–Crippen LogP) is 5.97. The minimum Gasteiger partial charge on any atom is -0.438 e. The van der Waals surface area contributed by atoms with E-state index in [0.717, 1.165) is 11.6 Å². The first-order valence-corrected chi connectivity index (χ1v) is 11.8. The van der Waals surface area contributed by atoms with Gasteiger partial charge in [0.2, 0.25) is 0 Å². The van der Waals surface area contributed by atoms with E-state index in [1.807, 2.05) is 6.92 Å². The third-order valence-electron chi connectivity index (χ3n) is 6.63. The number of halogens is 3. The Hall–Kier alpha value is -3.36. The highest BCUT2D eigenvalue weighted by molar-refractivity contribution is 5.70. The zero-order chi connectivity index (χ0) is 25.7. The van der Waals surface area contributed by atoms with Gasteiger partial charge in [-0.1, -0.05) is 36.4 Å². The molecule has 3 aromatic carbocycles. The zero-order valence-electron chi connectivity index (χ0n) is 19.9. The first-order valence-electron chi connectivity index (χ1n) is 11.8. The Balaban J connectivity index is 1.50. The molecule has 1 heterocycles. The summed E-state index contributed by atoms with van der Waals surface area (Å²) in [5.41, 5.74) is 1.44. The molecule has 2 atom stereocenters. The van der Waals surface area contributed by atoms with Gasteiger partial charge in [-0.25, -0.2) is 18.0 Å². The van der Waals surface area contributed by atoms with E-state index in [2.05, 4.69) is 0 Å². The largest absolute Gasteiger partial charge is 0.438 e. The average Bonchev–Trinajstić information content (AvgIpc) is 2.87. The van der Waals surface area contributed by atoms with Gasteiger partial charge in [0.25, 0.3) is 0 Å². The summed E-state index contributed by atoms with van der Waals surface area (Å²) >= 11 is 0. The summed E-state index contributed by atoms with van der Waals surface area (Å²) in [4.78, 5) is 14.8. The molecule has 0 aliphatic carbocycles. The third kappa shape index (κ3) is 5.55. The smallest absolute Gasteiger partial charge is 0.411 e. The normalized spacial score (nSPS) is 18.7. The van der Waals surface area contributed by atoms with Crippen molar-refractivity contribution < 1.29 is 32.5 Å². The van der Waals surface area contributed by atoms with Gasteiger partial charge in [0.1, 0.15) is 23.1 Å². The summed E-state index contributed by atoms with van der Waals surface area (Å²) in [7, 11) is 0. The number of ether oxygens (including phenoxy) is 2. The van der Waals surface area contributed by atoms with E-state index >= 15 is 0 Å². The lowest BCUT2D eigenvalue weighted by Crippen LogP contribution is -2.49. The van der Waals surface area contributed by atoms with E-state index in [9.17, 15) is 18.0 Å². The number of aliphatic hydroxyl groups excluding tert-OH is 1. The molecule has 1 fully saturated rings. The minimum atomic E-state index is -0.972. The highest BCUT2D eigenvalue weighted by Gasteiger charge is 2.43. The Morgan fingerprint density at radius 1 is 1.00 bits per heavy atom. The van der Waals surface area contributed by atoms with Crippen LogP contribution in [0.2, 0.25) is 0 Å². The second kappa shape index (κ2) is 11.1. The fraction of sp³-hybridized carbons (Fsp3) is 0.321. The van der Waals surface area contributed by atoms with E-state index in [1.54, 1.807) is 41.3 Å². The summed E-state index contributed by atoms with van der Waals surface area (Å²) in [5.74, 6) is -1.66. The second-order valence-electron chi connectivity index (χ2n) is 8.82. The molecule has 190 valence electrons. The Labute approximate surface area is 208 Å². The van der Waals surface area contributed by atoms with Crippen molar-refractivity contribution >= 4 is 6.09 Å². The van der Waals surface area contributed by atoms with Crippen molar-refractivity contribution in [2.75, 3.05) is 26.4 Å². The van der Waals surface area contributed by atoms with Crippen LogP contribution in [0.1, 0.15) is 36.9 Å². The summed E-state index contributed by atoms with van der Waals surface area (Å²) in [6, 6.07) is 16.1. The molecular weight excluding hydrogens is 471 g/mol. The molecule has 1 unspecified atom stereocenters. The molecule has 0 saturated carbocycles. The molecule has 1 saturated heterocycles. The van der Waals surface area contributed by atoms with Crippen LogP contribution in [-0.4, -0.2) is 42.5 Å². The Bertz CT molecular complexity index is 1190. The van der Waals surface area contributed by atoms with Crippen LogP contribution in [0, 0.1) is 17.5 Å². The number of amides is 1. The van der Waals surface area contributed by atoms with Crippen LogP contribution in [0.5, 0.6) is 0 Å². The van der Waals surface area contributed by atoms with Gasteiger partial charge in [-0.3, -0.25) is 0 Å². The Morgan fingerprint density at radius 2 is 1.69 bits per heavy atom. The number of carbonyl (C=O) groups is 1. The van der Waals surface area contributed by atoms with Crippen LogP contribution in [0.4, 0.5) is 18.0 Å². The van der Waals surface area contributed by atoms with Crippen LogP contribution in [0.3, 0.4) is 0 Å². The summed E-state index contributed by atoms with van der Waals surface area (Å²) in [6.45, 7) is 2.60. The standard InChI is InChI=1S/C28H28F3NO4/c1-19(20-2-4-21(5-3-20)25-11-10-24(30)18-26(25)31)32-14-12-28(36-27(32)34,13-16-35-17-15-33)22-6-8-23(29)9-7-22/h2-11,18-19,33H,12-17H2,1H3/t19-,28?/m0/s1. The predicted molar refractivity (Wildman–Crippen MR) is 129 cm³/mol. The second-order valence-corrected chi connectivity index (χ2v) is 8.82. The molecule has 0 spiro atoms. The van der Waals surface area contributed by atoms with E-state index in [1.165, 1.54) is 24.3 Å². The molecule has 3 aromatic rings. The molecule has 1 amide bonds. The van der Waals surface area contributed by atoms with Gasteiger partial charge >= 0.3 is 6.09 Å². The van der Waals surface area contributed by atoms with Gasteiger partial charge in [-0.15, -0.1) is 0 Å². The molecule has 1 aliphatic heterocycles. The van der Waals surface area contributed by atoms with Crippen LogP contribution < -0.4 is 0 Å². The van der Waals surface area contributed by atoms with Gasteiger partial charge in [-0.05, 0) is 47.9 Å². The number of rotatable bonds is 9. The quantitative estimate of drug-likeness (QED) is 0.369. The molecule has 0 aromatic heterocycles. The van der Waals surface area contributed by atoms with Gasteiger partial charge < -0.3 is 19.5 Å². The maximum atomic E-state index is 14.2. The highest BCUT2D eigenvalue weighted by atomic mass is 19.1. The van der Waals surface area contributed by atoms with Gasteiger partial charge in [0.05, 0.1) is 25.9 Å². The minimum absolute atomic E-state index is 0.110. The molecule has 5 nitrogen and oxygen atoms in total. The first kappa shape index (κ1) is 25.7. The molecule has 1 aliphatic rings. The SMILES string of the molecule is C[C@@H](c1ccc(-c2ccc(F)cc2F)cc1)N1CCC(CCOCCO)(c2ccc(F)cc2)OC1=O. The molecule has 1 N–H and O–H groups in total. The summed E-state index contributed by atoms with van der Waals surface area (Å²) in [6.07, 6.45) is 0.328. The molecule has 4 rings (SSSR count). The zero-order valence-corrected chi connectivity index (χ0v) is 19.9. The molecule has 36 heavy (non-hydrogen) atoms. The number of benzene rings is 3. The monoisotopic (exact) mass is 499 g/mol. The maximum absolute atomic E-state index is 14.2. The van der Waals surface area contributed by atoms with Crippen LogP contribution in [0.25, 0.3) is 11.1 Å². The average molecular weight is 500 g/mol. The topological polar surface area (TPSA) is 59.0 Å². The fourth-order valence-corrected chi connectivity index (χ4v) is 4.55. The van der Waals surface area contributed by atoms with Crippen molar-refractivity contribution in [2.24, 2.45) is 0 Å². The van der Waals surface area contributed by atoms with Crippen molar-refractivity contribution in [3.05, 3.63) is 95.3 Å².